The molecule has 5 nitrogen and oxygen atoms in total. The number of likely N-dealkylation sites (N-methyl/N-ethyl adjacent to an activating group) is 1. The number of hydrogen-bond donors (Lipinski definition) is 1. The van der Waals surface area contributed by atoms with Crippen molar-refractivity contribution in [1.82, 2.24) is 20.1 Å². The molecule has 0 saturated heterocycles. The maximum Gasteiger partial charge on any atom is 0.206 e. The van der Waals surface area contributed by atoms with E-state index in [9.17, 15) is 0 Å². The Hall–Kier alpha value is -1.53. The fourth-order valence-electron chi connectivity index (χ4n) is 2.11. The Morgan fingerprint density at radius 2 is 2.05 bits per heavy atom. The Morgan fingerprint density at radius 1 is 1.24 bits per heavy atom. The molecule has 0 spiro atoms. The molecule has 2 heterocycles. The number of anilines is 1. The summed E-state index contributed by atoms with van der Waals surface area (Å²) in [5.74, 6) is 0.678. The van der Waals surface area contributed by atoms with Gasteiger partial charge in [0.05, 0.1) is 0 Å². The lowest BCUT2D eigenvalue weighted by molar-refractivity contribution is 0.266. The second kappa shape index (κ2) is 7.47. The van der Waals surface area contributed by atoms with Crippen LogP contribution in [0.2, 0.25) is 0 Å². The summed E-state index contributed by atoms with van der Waals surface area (Å²) < 4.78 is 0. The zero-order valence-electron chi connectivity index (χ0n) is 13.1. The molecule has 0 bridgehead atoms. The third kappa shape index (κ3) is 4.75. The van der Waals surface area contributed by atoms with Gasteiger partial charge in [-0.3, -0.25) is 4.98 Å². The highest BCUT2D eigenvalue weighted by Crippen LogP contribution is 2.24. The van der Waals surface area contributed by atoms with Gasteiger partial charge in [0.2, 0.25) is 5.13 Å². The molecule has 0 radical (unpaired) electrons. The third-order valence-electron chi connectivity index (χ3n) is 3.27. The van der Waals surface area contributed by atoms with Crippen LogP contribution in [0.3, 0.4) is 0 Å². The van der Waals surface area contributed by atoms with Crippen molar-refractivity contribution in [2.24, 2.45) is 5.92 Å². The van der Waals surface area contributed by atoms with E-state index in [-0.39, 0.29) is 0 Å². The van der Waals surface area contributed by atoms with E-state index >= 15 is 0 Å². The first-order chi connectivity index (χ1) is 10.1. The van der Waals surface area contributed by atoms with Crippen LogP contribution in [0.1, 0.15) is 20.3 Å². The molecular formula is C15H23N5S. The molecule has 2 aromatic rings. The number of rotatable bonds is 7. The normalized spacial score (nSPS) is 12.9. The van der Waals surface area contributed by atoms with Crippen molar-refractivity contribution in [3.05, 3.63) is 24.4 Å². The van der Waals surface area contributed by atoms with Gasteiger partial charge in [-0.05, 0) is 38.6 Å². The molecule has 0 aromatic carbocycles. The summed E-state index contributed by atoms with van der Waals surface area (Å²) in [4.78, 5) is 6.55. The van der Waals surface area contributed by atoms with E-state index in [1.165, 1.54) is 0 Å². The van der Waals surface area contributed by atoms with E-state index in [1.54, 1.807) is 17.5 Å². The van der Waals surface area contributed by atoms with Gasteiger partial charge in [0.15, 0.2) is 5.01 Å². The van der Waals surface area contributed by atoms with Crippen LogP contribution in [-0.4, -0.2) is 46.8 Å². The second-order valence-corrected chi connectivity index (χ2v) is 6.73. The first-order valence-corrected chi connectivity index (χ1v) is 8.03. The van der Waals surface area contributed by atoms with Crippen molar-refractivity contribution in [3.63, 3.8) is 0 Å². The molecule has 21 heavy (non-hydrogen) atoms. The first-order valence-electron chi connectivity index (χ1n) is 7.21. The molecule has 1 unspecified atom stereocenters. The lowest BCUT2D eigenvalue weighted by Crippen LogP contribution is -2.35. The van der Waals surface area contributed by atoms with E-state index < -0.39 is 0 Å². The lowest BCUT2D eigenvalue weighted by atomic mass is 10.0. The monoisotopic (exact) mass is 305 g/mol. The van der Waals surface area contributed by atoms with Gasteiger partial charge in [0.25, 0.3) is 0 Å². The van der Waals surface area contributed by atoms with E-state index in [0.717, 1.165) is 28.8 Å². The minimum absolute atomic E-state index is 0.493. The predicted octanol–water partition coefficient (Wildman–Crippen LogP) is 2.99. The zero-order chi connectivity index (χ0) is 15.2. The molecule has 0 aliphatic rings. The average Bonchev–Trinajstić information content (AvgIpc) is 2.92. The van der Waals surface area contributed by atoms with E-state index in [0.29, 0.717) is 12.0 Å². The first kappa shape index (κ1) is 15.9. The van der Waals surface area contributed by atoms with Gasteiger partial charge < -0.3 is 10.2 Å². The van der Waals surface area contributed by atoms with Gasteiger partial charge in [-0.2, -0.15) is 0 Å². The smallest absolute Gasteiger partial charge is 0.206 e. The lowest BCUT2D eigenvalue weighted by Gasteiger charge is -2.25. The van der Waals surface area contributed by atoms with Gasteiger partial charge in [-0.15, -0.1) is 10.2 Å². The molecule has 0 aliphatic heterocycles. The van der Waals surface area contributed by atoms with E-state index in [2.05, 4.69) is 53.3 Å². The molecule has 2 rings (SSSR count). The van der Waals surface area contributed by atoms with Gasteiger partial charge in [0, 0.05) is 18.8 Å². The molecule has 1 atom stereocenters. The van der Waals surface area contributed by atoms with Crippen LogP contribution in [0.5, 0.6) is 0 Å². The Kier molecular flexibility index (Phi) is 5.64. The summed E-state index contributed by atoms with van der Waals surface area (Å²) >= 11 is 1.54. The number of hydrogen-bond acceptors (Lipinski definition) is 6. The van der Waals surface area contributed by atoms with Crippen LogP contribution in [0.15, 0.2) is 24.4 Å². The van der Waals surface area contributed by atoms with Crippen molar-refractivity contribution < 1.29 is 0 Å². The van der Waals surface area contributed by atoms with Crippen LogP contribution in [0, 0.1) is 5.92 Å². The van der Waals surface area contributed by atoms with Crippen molar-refractivity contribution in [1.29, 1.82) is 0 Å². The second-order valence-electron chi connectivity index (χ2n) is 5.76. The highest BCUT2D eigenvalue weighted by molar-refractivity contribution is 7.18. The molecule has 2 aromatic heterocycles. The van der Waals surface area contributed by atoms with Gasteiger partial charge in [0.1, 0.15) is 5.69 Å². The fourth-order valence-corrected chi connectivity index (χ4v) is 2.84. The van der Waals surface area contributed by atoms with E-state index in [4.69, 9.17) is 0 Å². The van der Waals surface area contributed by atoms with Crippen LogP contribution in [-0.2, 0) is 0 Å². The van der Waals surface area contributed by atoms with Gasteiger partial charge >= 0.3 is 0 Å². The van der Waals surface area contributed by atoms with Gasteiger partial charge in [-0.1, -0.05) is 31.3 Å². The summed E-state index contributed by atoms with van der Waals surface area (Å²) in [6, 6.07) is 6.30. The van der Waals surface area contributed by atoms with Crippen molar-refractivity contribution in [3.8, 4) is 10.7 Å². The molecule has 6 heteroatoms. The van der Waals surface area contributed by atoms with E-state index in [1.807, 2.05) is 18.2 Å². The molecule has 0 amide bonds. The largest absolute Gasteiger partial charge is 0.358 e. The predicted molar refractivity (Wildman–Crippen MR) is 88.6 cm³/mol. The van der Waals surface area contributed by atoms with Crippen LogP contribution >= 0.6 is 11.3 Å². The summed E-state index contributed by atoms with van der Waals surface area (Å²) in [5, 5.41) is 13.5. The van der Waals surface area contributed by atoms with Crippen LogP contribution < -0.4 is 5.32 Å². The Balaban J connectivity index is 1.96. The van der Waals surface area contributed by atoms with Crippen molar-refractivity contribution >= 4 is 16.5 Å². The van der Waals surface area contributed by atoms with Gasteiger partial charge in [-0.25, -0.2) is 0 Å². The summed E-state index contributed by atoms with van der Waals surface area (Å²) in [6.45, 7) is 5.38. The highest BCUT2D eigenvalue weighted by atomic mass is 32.1. The van der Waals surface area contributed by atoms with Crippen LogP contribution in [0.4, 0.5) is 5.13 Å². The third-order valence-corrected chi connectivity index (χ3v) is 4.18. The van der Waals surface area contributed by atoms with Crippen molar-refractivity contribution in [2.45, 2.75) is 26.3 Å². The minimum Gasteiger partial charge on any atom is -0.358 e. The standard InChI is InChI=1S/C15H23N5S/c1-11(2)9-12(20(3)4)10-17-15-19-18-14(21-15)13-7-5-6-8-16-13/h5-8,11-12H,9-10H2,1-4H3,(H,17,19). The SMILES string of the molecule is CC(C)CC(CNc1nnc(-c2ccccn2)s1)N(C)C. The molecule has 0 fully saturated rings. The number of nitrogens with zero attached hydrogens (tertiary/aromatic N) is 4. The topological polar surface area (TPSA) is 53.9 Å². The highest BCUT2D eigenvalue weighted by Gasteiger charge is 2.14. The Morgan fingerprint density at radius 3 is 2.67 bits per heavy atom. The zero-order valence-corrected chi connectivity index (χ0v) is 13.9. The molecule has 0 aliphatic carbocycles. The summed E-state index contributed by atoms with van der Waals surface area (Å²) in [6.07, 6.45) is 2.93. The average molecular weight is 305 g/mol. The maximum absolute atomic E-state index is 4.30. The molecule has 114 valence electrons. The summed E-state index contributed by atoms with van der Waals surface area (Å²) in [5.41, 5.74) is 0.870. The quantitative estimate of drug-likeness (QED) is 0.852. The summed E-state index contributed by atoms with van der Waals surface area (Å²) in [7, 11) is 4.24. The Labute approximate surface area is 130 Å². The Bertz CT molecular complexity index is 538. The minimum atomic E-state index is 0.493. The molecule has 0 saturated carbocycles. The van der Waals surface area contributed by atoms with Crippen molar-refractivity contribution in [2.75, 3.05) is 26.0 Å². The molecule has 1 N–H and O–H groups in total. The van der Waals surface area contributed by atoms with Crippen LogP contribution in [0.25, 0.3) is 10.7 Å². The fraction of sp³-hybridized carbons (Fsp3) is 0.533. The maximum atomic E-state index is 4.30. The molecular weight excluding hydrogens is 282 g/mol. The number of aromatic nitrogens is 3. The number of pyridine rings is 1. The number of nitrogens with one attached hydrogen (secondary N) is 1.